The van der Waals surface area contributed by atoms with E-state index in [-0.39, 0.29) is 6.29 Å². The molecule has 9 nitrogen and oxygen atoms in total. The third-order valence-electron chi connectivity index (χ3n) is 5.87. The minimum Gasteiger partial charge on any atom is -0.497 e. The number of hydrogen-bond donors (Lipinski definition) is 1. The molecule has 1 N–H and O–H groups in total. The zero-order chi connectivity index (χ0) is 24.0. The van der Waals surface area contributed by atoms with Crippen LogP contribution in [-0.2, 0) is 16.0 Å². The van der Waals surface area contributed by atoms with E-state index in [0.717, 1.165) is 59.5 Å². The van der Waals surface area contributed by atoms with Crippen LogP contribution >= 0.6 is 0 Å². The summed E-state index contributed by atoms with van der Waals surface area (Å²) in [6.07, 6.45) is 8.68. The van der Waals surface area contributed by atoms with Gasteiger partial charge in [0, 0.05) is 47.9 Å². The van der Waals surface area contributed by atoms with E-state index in [4.69, 9.17) is 23.9 Å². The van der Waals surface area contributed by atoms with Crippen LogP contribution in [0.4, 0.5) is 11.4 Å². The zero-order valence-corrected chi connectivity index (χ0v) is 19.9. The van der Waals surface area contributed by atoms with Crippen molar-refractivity contribution in [2.45, 2.75) is 32.1 Å². The van der Waals surface area contributed by atoms with Gasteiger partial charge in [0.1, 0.15) is 11.5 Å². The molecule has 2 aromatic carbocycles. The van der Waals surface area contributed by atoms with Crippen molar-refractivity contribution < 1.29 is 18.9 Å². The van der Waals surface area contributed by atoms with Gasteiger partial charge in [0.2, 0.25) is 0 Å². The van der Waals surface area contributed by atoms with Crippen molar-refractivity contribution >= 4 is 22.4 Å². The molecular formula is C26H29N5O4. The summed E-state index contributed by atoms with van der Waals surface area (Å²) in [6.45, 7) is 1.99. The summed E-state index contributed by atoms with van der Waals surface area (Å²) in [5, 5.41) is 7.84. The molecule has 9 heteroatoms. The maximum Gasteiger partial charge on any atom is 0.157 e. The Morgan fingerprint density at radius 2 is 1.86 bits per heavy atom. The number of nitrogens with zero attached hydrogens (tertiary/aromatic N) is 4. The molecule has 5 rings (SSSR count). The number of rotatable bonds is 9. The molecule has 182 valence electrons. The van der Waals surface area contributed by atoms with E-state index in [1.54, 1.807) is 26.6 Å². The summed E-state index contributed by atoms with van der Waals surface area (Å²) >= 11 is 0. The van der Waals surface area contributed by atoms with E-state index in [1.807, 2.05) is 47.3 Å². The molecule has 2 aromatic heterocycles. The first kappa shape index (κ1) is 23.1. The number of aromatic nitrogens is 4. The van der Waals surface area contributed by atoms with Crippen LogP contribution in [0.5, 0.6) is 11.5 Å². The molecule has 1 aliphatic heterocycles. The molecular weight excluding hydrogens is 446 g/mol. The zero-order valence-electron chi connectivity index (χ0n) is 19.9. The van der Waals surface area contributed by atoms with Gasteiger partial charge in [0.15, 0.2) is 6.29 Å². The van der Waals surface area contributed by atoms with Gasteiger partial charge < -0.3 is 24.3 Å². The predicted octanol–water partition coefficient (Wildman–Crippen LogP) is 4.80. The third-order valence-corrected chi connectivity index (χ3v) is 5.87. The highest BCUT2D eigenvalue weighted by molar-refractivity contribution is 5.82. The molecule has 35 heavy (non-hydrogen) atoms. The average molecular weight is 476 g/mol. The van der Waals surface area contributed by atoms with Gasteiger partial charge in [-0.25, -0.2) is 4.98 Å². The van der Waals surface area contributed by atoms with Crippen molar-refractivity contribution in [3.05, 3.63) is 55.0 Å². The highest BCUT2D eigenvalue weighted by atomic mass is 16.7. The Morgan fingerprint density at radius 1 is 1.00 bits per heavy atom. The minimum atomic E-state index is -0.0917. The Labute approximate surface area is 204 Å². The number of ether oxygens (including phenoxy) is 4. The van der Waals surface area contributed by atoms with E-state index in [0.29, 0.717) is 24.7 Å². The molecule has 1 fully saturated rings. The first-order chi connectivity index (χ1) is 17.2. The Hall–Kier alpha value is -3.69. The molecule has 1 aliphatic rings. The van der Waals surface area contributed by atoms with Crippen LogP contribution in [0.15, 0.2) is 55.0 Å². The fourth-order valence-corrected chi connectivity index (χ4v) is 4.01. The summed E-state index contributed by atoms with van der Waals surface area (Å²) in [5.41, 5.74) is 5.01. The topological polar surface area (TPSA) is 92.6 Å². The van der Waals surface area contributed by atoms with Crippen LogP contribution in [0.25, 0.3) is 22.3 Å². The van der Waals surface area contributed by atoms with E-state index in [2.05, 4.69) is 15.4 Å². The Morgan fingerprint density at radius 3 is 2.63 bits per heavy atom. The normalized spacial score (nSPS) is 15.8. The van der Waals surface area contributed by atoms with Crippen molar-refractivity contribution in [3.8, 4) is 22.8 Å². The van der Waals surface area contributed by atoms with Crippen LogP contribution in [0.1, 0.15) is 19.3 Å². The number of fused-ring (bicyclic) bond motifs is 1. The summed E-state index contributed by atoms with van der Waals surface area (Å²) in [7, 11) is 3.26. The van der Waals surface area contributed by atoms with Gasteiger partial charge in [-0.2, -0.15) is 5.10 Å². The Bertz CT molecular complexity index is 1260. The van der Waals surface area contributed by atoms with E-state index < -0.39 is 0 Å². The van der Waals surface area contributed by atoms with Crippen LogP contribution in [0.2, 0.25) is 0 Å². The second kappa shape index (κ2) is 10.7. The molecule has 4 aromatic rings. The van der Waals surface area contributed by atoms with Gasteiger partial charge in [0.25, 0.3) is 0 Å². The number of nitrogens with one attached hydrogen (secondary N) is 1. The quantitative estimate of drug-likeness (QED) is 0.369. The molecule has 0 saturated carbocycles. The summed E-state index contributed by atoms with van der Waals surface area (Å²) in [4.78, 5) is 9.41. The highest BCUT2D eigenvalue weighted by Crippen LogP contribution is 2.29. The van der Waals surface area contributed by atoms with Gasteiger partial charge in [-0.15, -0.1) is 0 Å². The molecule has 0 bridgehead atoms. The lowest BCUT2D eigenvalue weighted by Gasteiger charge is -2.22. The standard InChI is InChI=1S/C26H29N5O4/c1-32-21-11-20(12-22(14-21)33-2)29-19-6-7-23-24(13-19)30-25(16-27-23)18-15-28-31(17-18)8-10-35-26-5-3-4-9-34-26/h6-7,11-17,26,29H,3-5,8-10H2,1-2H3. The summed E-state index contributed by atoms with van der Waals surface area (Å²) in [5.74, 6) is 1.42. The lowest BCUT2D eigenvalue weighted by atomic mass is 10.2. The average Bonchev–Trinajstić information content (AvgIpc) is 3.37. The molecule has 0 amide bonds. The fraction of sp³-hybridized carbons (Fsp3) is 0.346. The molecule has 3 heterocycles. The Kier molecular flexibility index (Phi) is 7.06. The monoisotopic (exact) mass is 475 g/mol. The number of hydrogen-bond acceptors (Lipinski definition) is 8. The molecule has 1 unspecified atom stereocenters. The number of benzene rings is 2. The van der Waals surface area contributed by atoms with Crippen molar-refractivity contribution in [1.29, 1.82) is 0 Å². The van der Waals surface area contributed by atoms with Crippen molar-refractivity contribution in [1.82, 2.24) is 19.7 Å². The molecule has 1 atom stereocenters. The third kappa shape index (κ3) is 5.70. The summed E-state index contributed by atoms with van der Waals surface area (Å²) in [6, 6.07) is 11.5. The molecule has 0 aliphatic carbocycles. The number of anilines is 2. The largest absolute Gasteiger partial charge is 0.497 e. The fourth-order valence-electron chi connectivity index (χ4n) is 4.01. The predicted molar refractivity (Wildman–Crippen MR) is 133 cm³/mol. The maximum atomic E-state index is 5.82. The van der Waals surface area contributed by atoms with Gasteiger partial charge in [0.05, 0.1) is 56.5 Å². The van der Waals surface area contributed by atoms with Gasteiger partial charge in [-0.3, -0.25) is 9.67 Å². The van der Waals surface area contributed by atoms with Crippen molar-refractivity contribution in [2.24, 2.45) is 0 Å². The van der Waals surface area contributed by atoms with Gasteiger partial charge in [-0.05, 0) is 37.5 Å². The SMILES string of the molecule is COc1cc(Nc2ccc3ncc(-c4cnn(CCOC5CCCCO5)c4)nc3c2)cc(OC)c1. The Balaban J connectivity index is 1.29. The first-order valence-electron chi connectivity index (χ1n) is 11.7. The van der Waals surface area contributed by atoms with E-state index in [1.165, 1.54) is 0 Å². The van der Waals surface area contributed by atoms with Crippen LogP contribution in [-0.4, -0.2) is 53.5 Å². The molecule has 1 saturated heterocycles. The lowest BCUT2D eigenvalue weighted by Crippen LogP contribution is -2.24. The van der Waals surface area contributed by atoms with Crippen LogP contribution in [0, 0.1) is 0 Å². The smallest absolute Gasteiger partial charge is 0.157 e. The van der Waals surface area contributed by atoms with Gasteiger partial charge >= 0.3 is 0 Å². The first-order valence-corrected chi connectivity index (χ1v) is 11.7. The van der Waals surface area contributed by atoms with Crippen LogP contribution < -0.4 is 14.8 Å². The molecule has 0 radical (unpaired) electrons. The van der Waals surface area contributed by atoms with Crippen LogP contribution in [0.3, 0.4) is 0 Å². The highest BCUT2D eigenvalue weighted by Gasteiger charge is 2.14. The van der Waals surface area contributed by atoms with E-state index >= 15 is 0 Å². The summed E-state index contributed by atoms with van der Waals surface area (Å²) < 4.78 is 24.0. The molecule has 0 spiro atoms. The lowest BCUT2D eigenvalue weighted by molar-refractivity contribution is -0.163. The van der Waals surface area contributed by atoms with Crippen molar-refractivity contribution in [2.75, 3.05) is 32.8 Å². The second-order valence-electron chi connectivity index (χ2n) is 8.34. The number of methoxy groups -OCH3 is 2. The van der Waals surface area contributed by atoms with Crippen molar-refractivity contribution in [3.63, 3.8) is 0 Å². The second-order valence-corrected chi connectivity index (χ2v) is 8.34. The van der Waals surface area contributed by atoms with E-state index in [9.17, 15) is 0 Å². The van der Waals surface area contributed by atoms with Gasteiger partial charge in [-0.1, -0.05) is 0 Å². The maximum absolute atomic E-state index is 5.82. The minimum absolute atomic E-state index is 0.0917.